The molecule has 13 nitrogen and oxygen atoms in total. The summed E-state index contributed by atoms with van der Waals surface area (Å²) in [5.41, 5.74) is 3.42. The minimum absolute atomic E-state index is 0.0509. The van der Waals surface area contributed by atoms with Gasteiger partial charge in [0, 0.05) is 55.2 Å². The van der Waals surface area contributed by atoms with Crippen LogP contribution >= 0.6 is 0 Å². The maximum atomic E-state index is 12.4. The molecule has 0 atom stereocenters. The van der Waals surface area contributed by atoms with Crippen molar-refractivity contribution in [1.29, 1.82) is 0 Å². The highest BCUT2D eigenvalue weighted by Gasteiger charge is 2.20. The van der Waals surface area contributed by atoms with Gasteiger partial charge in [-0.25, -0.2) is 14.8 Å². The third-order valence-electron chi connectivity index (χ3n) is 8.34. The molecule has 5 rings (SSSR count). The topological polar surface area (TPSA) is 173 Å². The van der Waals surface area contributed by atoms with Crippen molar-refractivity contribution in [2.75, 3.05) is 35.6 Å². The smallest absolute Gasteiger partial charge is 0.330 e. The standard InChI is InChI=1S/C18H28N4O2.C16H22N4O.C2H4O2/c1-4-19-18-20-13(3)15(11-12-16(23)24-5-2)17(22-18)21-14-9-7-6-8-10-14;1-3-17-16-18-11(2)13-9-10-14(21)20(15(13)19-16)12-7-5-4-6-8-12;1-2(3)4/h11-12,14H,4-10H2,1-3H3,(H2,19,20,21,22);9-10,12H,3-8H2,1-2H3,(H,17,18,19);1H3,(H,3,4)/b12-11-;;. The van der Waals surface area contributed by atoms with Gasteiger partial charge in [0.25, 0.3) is 11.5 Å². The van der Waals surface area contributed by atoms with E-state index in [1.165, 1.54) is 44.6 Å². The molecule has 2 saturated carbocycles. The number of nitrogens with zero attached hydrogens (tertiary/aromatic N) is 5. The fraction of sp³-hybridized carbons (Fsp3) is 0.583. The van der Waals surface area contributed by atoms with Gasteiger partial charge in [-0.3, -0.25) is 14.2 Å². The molecule has 0 unspecified atom stereocenters. The second-order valence-electron chi connectivity index (χ2n) is 12.2. The van der Waals surface area contributed by atoms with E-state index < -0.39 is 5.97 Å². The molecule has 0 saturated heterocycles. The first-order chi connectivity index (χ1) is 23.6. The molecular formula is C36H54N8O5. The predicted molar refractivity (Wildman–Crippen MR) is 195 cm³/mol. The molecule has 4 N–H and O–H groups in total. The highest BCUT2D eigenvalue weighted by Crippen LogP contribution is 2.30. The van der Waals surface area contributed by atoms with Crippen LogP contribution in [-0.2, 0) is 14.3 Å². The van der Waals surface area contributed by atoms with Gasteiger partial charge in [0.15, 0.2) is 0 Å². The molecule has 0 bridgehead atoms. The Bertz CT molecular complexity index is 1610. The van der Waals surface area contributed by atoms with Gasteiger partial charge in [0.2, 0.25) is 11.9 Å². The van der Waals surface area contributed by atoms with Gasteiger partial charge < -0.3 is 25.8 Å². The maximum Gasteiger partial charge on any atom is 0.330 e. The number of aryl methyl sites for hydroxylation is 2. The molecule has 13 heteroatoms. The minimum Gasteiger partial charge on any atom is -0.481 e. The number of esters is 1. The fourth-order valence-electron chi connectivity index (χ4n) is 6.12. The Morgan fingerprint density at radius 2 is 1.45 bits per heavy atom. The quantitative estimate of drug-likeness (QED) is 0.133. The lowest BCUT2D eigenvalue weighted by Gasteiger charge is -2.25. The number of carboxylic acid groups (broad SMARTS) is 1. The zero-order valence-corrected chi connectivity index (χ0v) is 30.0. The van der Waals surface area contributed by atoms with Crippen LogP contribution in [0.3, 0.4) is 0 Å². The van der Waals surface area contributed by atoms with E-state index in [1.54, 1.807) is 19.1 Å². The number of hydrogen-bond donors (Lipinski definition) is 4. The van der Waals surface area contributed by atoms with Crippen LogP contribution in [0.1, 0.15) is 115 Å². The summed E-state index contributed by atoms with van der Waals surface area (Å²) in [5.74, 6) is 0.821. The SMILES string of the molecule is CC(=O)O.CCNc1nc(C)c(/C=C\C(=O)OCC)c(NC2CCCCC2)n1.CCNc1nc(C)c2ccc(=O)n(C3CCCCC3)c2n1. The Morgan fingerprint density at radius 3 is 2.04 bits per heavy atom. The average Bonchev–Trinajstić information content (AvgIpc) is 3.06. The van der Waals surface area contributed by atoms with Gasteiger partial charge in [0.1, 0.15) is 11.5 Å². The summed E-state index contributed by atoms with van der Waals surface area (Å²) < 4.78 is 6.85. The molecule has 0 radical (unpaired) electrons. The molecule has 0 aromatic carbocycles. The Balaban J connectivity index is 0.000000241. The number of fused-ring (bicyclic) bond motifs is 1. The molecule has 2 aliphatic carbocycles. The van der Waals surface area contributed by atoms with Gasteiger partial charge in [-0.15, -0.1) is 0 Å². The molecule has 3 aromatic heterocycles. The normalized spacial score (nSPS) is 15.1. The number of carbonyl (C=O) groups is 2. The Labute approximate surface area is 289 Å². The monoisotopic (exact) mass is 678 g/mol. The van der Waals surface area contributed by atoms with Crippen LogP contribution in [0.5, 0.6) is 0 Å². The lowest BCUT2D eigenvalue weighted by atomic mass is 9.95. The lowest BCUT2D eigenvalue weighted by molar-refractivity contribution is -0.137. The van der Waals surface area contributed by atoms with E-state index in [0.29, 0.717) is 24.5 Å². The summed E-state index contributed by atoms with van der Waals surface area (Å²) in [5, 5.41) is 18.3. The number of hydrogen-bond acceptors (Lipinski definition) is 11. The first kappa shape index (κ1) is 38.9. The Morgan fingerprint density at radius 1 is 0.878 bits per heavy atom. The van der Waals surface area contributed by atoms with E-state index in [1.807, 2.05) is 38.3 Å². The van der Waals surface area contributed by atoms with Crippen molar-refractivity contribution in [1.82, 2.24) is 24.5 Å². The van der Waals surface area contributed by atoms with E-state index in [0.717, 1.165) is 79.5 Å². The zero-order valence-electron chi connectivity index (χ0n) is 30.0. The number of aliphatic carboxylic acids is 1. The van der Waals surface area contributed by atoms with Crippen LogP contribution < -0.4 is 21.5 Å². The van der Waals surface area contributed by atoms with Crippen LogP contribution in [0, 0.1) is 13.8 Å². The van der Waals surface area contributed by atoms with E-state index >= 15 is 0 Å². The van der Waals surface area contributed by atoms with Crippen molar-refractivity contribution >= 4 is 46.8 Å². The van der Waals surface area contributed by atoms with Gasteiger partial charge in [-0.1, -0.05) is 38.5 Å². The summed E-state index contributed by atoms with van der Waals surface area (Å²) in [4.78, 5) is 51.2. The second-order valence-corrected chi connectivity index (χ2v) is 12.2. The number of pyridine rings is 1. The number of carboxylic acids is 1. The summed E-state index contributed by atoms with van der Waals surface area (Å²) in [6.07, 6.45) is 15.1. The third-order valence-corrected chi connectivity index (χ3v) is 8.34. The molecule has 49 heavy (non-hydrogen) atoms. The van der Waals surface area contributed by atoms with E-state index in [2.05, 4.69) is 35.9 Å². The lowest BCUT2D eigenvalue weighted by Crippen LogP contribution is -2.27. The van der Waals surface area contributed by atoms with Crippen molar-refractivity contribution in [2.45, 2.75) is 118 Å². The molecule has 2 aliphatic rings. The number of rotatable bonds is 10. The van der Waals surface area contributed by atoms with Crippen LogP contribution in [-0.4, -0.2) is 67.3 Å². The number of aromatic nitrogens is 5. The van der Waals surface area contributed by atoms with Crippen molar-refractivity contribution in [2.24, 2.45) is 0 Å². The maximum absolute atomic E-state index is 12.4. The molecule has 3 heterocycles. The van der Waals surface area contributed by atoms with Crippen LogP contribution in [0.4, 0.5) is 17.7 Å². The highest BCUT2D eigenvalue weighted by molar-refractivity contribution is 5.88. The van der Waals surface area contributed by atoms with Crippen molar-refractivity contribution < 1.29 is 19.4 Å². The number of anilines is 3. The van der Waals surface area contributed by atoms with Crippen LogP contribution in [0.2, 0.25) is 0 Å². The van der Waals surface area contributed by atoms with Crippen molar-refractivity contribution in [3.63, 3.8) is 0 Å². The largest absolute Gasteiger partial charge is 0.481 e. The molecule has 0 amide bonds. The second kappa shape index (κ2) is 20.1. The fourth-order valence-corrected chi connectivity index (χ4v) is 6.12. The van der Waals surface area contributed by atoms with E-state index in [-0.39, 0.29) is 17.6 Å². The first-order valence-electron chi connectivity index (χ1n) is 17.6. The first-order valence-corrected chi connectivity index (χ1v) is 17.6. The summed E-state index contributed by atoms with van der Waals surface area (Å²) in [7, 11) is 0. The third kappa shape index (κ3) is 12.1. The van der Waals surface area contributed by atoms with Gasteiger partial charge in [-0.2, -0.15) is 9.97 Å². The Kier molecular flexibility index (Phi) is 15.9. The van der Waals surface area contributed by atoms with Gasteiger partial charge in [-0.05, 0) is 72.4 Å². The van der Waals surface area contributed by atoms with Crippen LogP contribution in [0.15, 0.2) is 23.0 Å². The van der Waals surface area contributed by atoms with Crippen molar-refractivity contribution in [3.8, 4) is 0 Å². The van der Waals surface area contributed by atoms with E-state index in [4.69, 9.17) is 14.6 Å². The zero-order chi connectivity index (χ0) is 35.8. The van der Waals surface area contributed by atoms with Crippen molar-refractivity contribution in [3.05, 3.63) is 45.5 Å². The summed E-state index contributed by atoms with van der Waals surface area (Å²) in [6, 6.07) is 4.21. The van der Waals surface area contributed by atoms with Crippen LogP contribution in [0.25, 0.3) is 17.1 Å². The summed E-state index contributed by atoms with van der Waals surface area (Å²) in [6.45, 7) is 12.7. The molecule has 268 valence electrons. The summed E-state index contributed by atoms with van der Waals surface area (Å²) >= 11 is 0. The highest BCUT2D eigenvalue weighted by atomic mass is 16.5. The molecule has 3 aromatic rings. The Hall–Kier alpha value is -4.55. The molecule has 0 aliphatic heterocycles. The van der Waals surface area contributed by atoms with Gasteiger partial charge >= 0.3 is 5.97 Å². The number of nitrogens with one attached hydrogen (secondary N) is 3. The number of ether oxygens (including phenoxy) is 1. The number of carbonyl (C=O) groups excluding carboxylic acids is 1. The average molecular weight is 679 g/mol. The van der Waals surface area contributed by atoms with E-state index in [9.17, 15) is 9.59 Å². The van der Waals surface area contributed by atoms with Gasteiger partial charge in [0.05, 0.1) is 18.0 Å². The molecule has 0 spiro atoms. The predicted octanol–water partition coefficient (Wildman–Crippen LogP) is 6.67. The molecular weight excluding hydrogens is 624 g/mol. The minimum atomic E-state index is -0.833. The molecule has 2 fully saturated rings.